The van der Waals surface area contributed by atoms with Crippen molar-refractivity contribution in [2.45, 2.75) is 9.92 Å². The van der Waals surface area contributed by atoms with Gasteiger partial charge in [0.15, 0.2) is 5.13 Å². The van der Waals surface area contributed by atoms with E-state index in [0.29, 0.717) is 5.82 Å². The molecule has 0 atom stereocenters. The number of anilines is 2. The van der Waals surface area contributed by atoms with Gasteiger partial charge in [-0.3, -0.25) is 4.98 Å². The van der Waals surface area contributed by atoms with Crippen LogP contribution in [0.3, 0.4) is 0 Å². The van der Waals surface area contributed by atoms with Crippen LogP contribution < -0.4 is 5.32 Å². The molecule has 0 fully saturated rings. The molecule has 0 aliphatic carbocycles. The van der Waals surface area contributed by atoms with Crippen molar-refractivity contribution in [1.29, 1.82) is 0 Å². The van der Waals surface area contributed by atoms with Crippen LogP contribution in [0, 0.1) is 0 Å². The summed E-state index contributed by atoms with van der Waals surface area (Å²) in [6.45, 7) is 0. The second-order valence-electron chi connectivity index (χ2n) is 5.52. The van der Waals surface area contributed by atoms with E-state index in [1.54, 1.807) is 42.9 Å². The summed E-state index contributed by atoms with van der Waals surface area (Å²) < 4.78 is 0. The van der Waals surface area contributed by atoms with Gasteiger partial charge in [-0.25, -0.2) is 24.9 Å². The van der Waals surface area contributed by atoms with Crippen molar-refractivity contribution in [3.05, 3.63) is 61.4 Å². The van der Waals surface area contributed by atoms with E-state index >= 15 is 0 Å². The first-order valence-electron chi connectivity index (χ1n) is 8.02. The number of aromatic nitrogens is 6. The minimum Gasteiger partial charge on any atom is -0.316 e. The summed E-state index contributed by atoms with van der Waals surface area (Å²) in [5, 5.41) is 5.80. The highest BCUT2D eigenvalue weighted by Crippen LogP contribution is 2.32. The van der Waals surface area contributed by atoms with Crippen molar-refractivity contribution < 1.29 is 0 Å². The summed E-state index contributed by atoms with van der Waals surface area (Å²) in [7, 11) is 0. The lowest BCUT2D eigenvalue weighted by atomic mass is 10.2. The van der Waals surface area contributed by atoms with Gasteiger partial charge in [0.1, 0.15) is 27.5 Å². The third-order valence-corrected chi connectivity index (χ3v) is 5.56. The van der Waals surface area contributed by atoms with Crippen LogP contribution in [0.25, 0.3) is 21.3 Å². The molecule has 0 radical (unpaired) electrons. The number of nitrogens with zero attached hydrogens (tertiary/aromatic N) is 6. The van der Waals surface area contributed by atoms with Gasteiger partial charge in [0.2, 0.25) is 0 Å². The first-order chi connectivity index (χ1) is 13.3. The Morgan fingerprint density at radius 1 is 0.926 bits per heavy atom. The Hall–Kier alpha value is -3.17. The van der Waals surface area contributed by atoms with E-state index in [1.807, 2.05) is 30.3 Å². The quantitative estimate of drug-likeness (QED) is 0.486. The largest absolute Gasteiger partial charge is 0.316 e. The number of hydrogen-bond donors (Lipinski definition) is 1. The average molecular weight is 389 g/mol. The molecule has 1 aromatic carbocycles. The van der Waals surface area contributed by atoms with E-state index in [1.165, 1.54) is 11.3 Å². The minimum atomic E-state index is 0.709. The van der Waals surface area contributed by atoms with Gasteiger partial charge in [-0.2, -0.15) is 0 Å². The number of rotatable bonds is 4. The highest BCUT2D eigenvalue weighted by Gasteiger charge is 2.10. The first kappa shape index (κ1) is 16.0. The van der Waals surface area contributed by atoms with E-state index in [4.69, 9.17) is 0 Å². The molecule has 130 valence electrons. The Kier molecular flexibility index (Phi) is 4.07. The van der Waals surface area contributed by atoms with Crippen LogP contribution >= 0.6 is 23.1 Å². The second-order valence-corrected chi connectivity index (χ2v) is 7.59. The molecular formula is C18H11N7S2. The lowest BCUT2D eigenvalue weighted by molar-refractivity contribution is 1.05. The van der Waals surface area contributed by atoms with Crippen LogP contribution in [0.1, 0.15) is 0 Å². The molecule has 4 aromatic heterocycles. The minimum absolute atomic E-state index is 0.709. The standard InChI is InChI=1S/C18H11N7S2/c1-2-14-17(21-5-1)27-18(24-14)25-16-12-8-11(3-4-13(12)22-10-23-16)26-15-9-19-6-7-20-15/h1-10H,(H,22,23,24,25). The highest BCUT2D eigenvalue weighted by atomic mass is 32.2. The van der Waals surface area contributed by atoms with Gasteiger partial charge in [0.25, 0.3) is 0 Å². The molecule has 9 heteroatoms. The number of nitrogens with one attached hydrogen (secondary N) is 1. The van der Waals surface area contributed by atoms with E-state index in [-0.39, 0.29) is 0 Å². The number of thiazole rings is 1. The Bertz CT molecular complexity index is 1210. The third-order valence-electron chi connectivity index (χ3n) is 3.76. The number of hydrogen-bond acceptors (Lipinski definition) is 9. The summed E-state index contributed by atoms with van der Waals surface area (Å²) in [5.74, 6) is 0.709. The molecule has 0 saturated heterocycles. The van der Waals surface area contributed by atoms with Crippen LogP contribution in [0.4, 0.5) is 10.9 Å². The van der Waals surface area contributed by atoms with Crippen molar-refractivity contribution in [3.8, 4) is 0 Å². The van der Waals surface area contributed by atoms with Crippen molar-refractivity contribution in [2.75, 3.05) is 5.32 Å². The zero-order valence-corrected chi connectivity index (χ0v) is 15.4. The van der Waals surface area contributed by atoms with Gasteiger partial charge in [0, 0.05) is 28.9 Å². The molecule has 1 N–H and O–H groups in total. The van der Waals surface area contributed by atoms with Gasteiger partial charge >= 0.3 is 0 Å². The van der Waals surface area contributed by atoms with Gasteiger partial charge in [0.05, 0.1) is 11.7 Å². The summed E-state index contributed by atoms with van der Waals surface area (Å²) in [4.78, 5) is 28.0. The Labute approximate surface area is 162 Å². The van der Waals surface area contributed by atoms with Crippen molar-refractivity contribution in [1.82, 2.24) is 29.9 Å². The van der Waals surface area contributed by atoms with Crippen LogP contribution in [0.2, 0.25) is 0 Å². The maximum Gasteiger partial charge on any atom is 0.190 e. The van der Waals surface area contributed by atoms with Gasteiger partial charge < -0.3 is 5.32 Å². The van der Waals surface area contributed by atoms with Crippen molar-refractivity contribution in [3.63, 3.8) is 0 Å². The van der Waals surface area contributed by atoms with Gasteiger partial charge in [-0.15, -0.1) is 0 Å². The number of benzene rings is 1. The average Bonchev–Trinajstić information content (AvgIpc) is 3.12. The highest BCUT2D eigenvalue weighted by molar-refractivity contribution is 7.99. The summed E-state index contributed by atoms with van der Waals surface area (Å²) in [5.41, 5.74) is 1.72. The fraction of sp³-hybridized carbons (Fsp3) is 0. The molecule has 0 saturated carbocycles. The predicted molar refractivity (Wildman–Crippen MR) is 106 cm³/mol. The maximum atomic E-state index is 4.57. The van der Waals surface area contributed by atoms with E-state index in [2.05, 4.69) is 35.2 Å². The molecule has 0 spiro atoms. The predicted octanol–water partition coefficient (Wildman–Crippen LogP) is 4.32. The monoisotopic (exact) mass is 389 g/mol. The summed E-state index contributed by atoms with van der Waals surface area (Å²) in [6.07, 6.45) is 8.39. The topological polar surface area (TPSA) is 89.4 Å². The van der Waals surface area contributed by atoms with Crippen LogP contribution in [-0.4, -0.2) is 29.9 Å². The SMILES string of the molecule is c1cnc2sc(Nc3ncnc4ccc(Sc5cnccn5)cc34)nc2c1. The zero-order valence-electron chi connectivity index (χ0n) is 13.8. The van der Waals surface area contributed by atoms with E-state index in [0.717, 1.165) is 36.3 Å². The number of fused-ring (bicyclic) bond motifs is 2. The van der Waals surface area contributed by atoms with Gasteiger partial charge in [-0.05, 0) is 30.3 Å². The summed E-state index contributed by atoms with van der Waals surface area (Å²) >= 11 is 3.03. The fourth-order valence-corrected chi connectivity index (χ4v) is 4.17. The van der Waals surface area contributed by atoms with Crippen LogP contribution in [-0.2, 0) is 0 Å². The zero-order chi connectivity index (χ0) is 18.1. The normalized spacial score (nSPS) is 11.1. The lowest BCUT2D eigenvalue weighted by Crippen LogP contribution is -1.95. The Morgan fingerprint density at radius 2 is 1.93 bits per heavy atom. The smallest absolute Gasteiger partial charge is 0.190 e. The third kappa shape index (κ3) is 3.29. The Balaban J connectivity index is 1.52. The maximum absolute atomic E-state index is 4.57. The first-order valence-corrected chi connectivity index (χ1v) is 9.66. The molecule has 7 nitrogen and oxygen atoms in total. The Morgan fingerprint density at radius 3 is 2.81 bits per heavy atom. The molecule has 27 heavy (non-hydrogen) atoms. The van der Waals surface area contributed by atoms with Crippen molar-refractivity contribution in [2.24, 2.45) is 0 Å². The van der Waals surface area contributed by atoms with Crippen LogP contribution in [0.15, 0.2) is 71.4 Å². The van der Waals surface area contributed by atoms with E-state index in [9.17, 15) is 0 Å². The molecule has 0 unspecified atom stereocenters. The van der Waals surface area contributed by atoms with E-state index < -0.39 is 0 Å². The molecule has 5 aromatic rings. The second kappa shape index (κ2) is 6.86. The fourth-order valence-electron chi connectivity index (χ4n) is 2.58. The summed E-state index contributed by atoms with van der Waals surface area (Å²) in [6, 6.07) is 9.85. The van der Waals surface area contributed by atoms with Crippen LogP contribution in [0.5, 0.6) is 0 Å². The molecular weight excluding hydrogens is 378 g/mol. The molecule has 5 rings (SSSR count). The van der Waals surface area contributed by atoms with Gasteiger partial charge in [-0.1, -0.05) is 23.1 Å². The molecule has 0 amide bonds. The lowest BCUT2D eigenvalue weighted by Gasteiger charge is -2.07. The molecule has 0 bridgehead atoms. The van der Waals surface area contributed by atoms with Crippen molar-refractivity contribution >= 4 is 55.3 Å². The molecule has 4 heterocycles. The molecule has 0 aliphatic rings. The number of pyridine rings is 1. The molecule has 0 aliphatic heterocycles.